The van der Waals surface area contributed by atoms with Crippen LogP contribution in [0.2, 0.25) is 0 Å². The number of aryl methyl sites for hydroxylation is 1. The minimum absolute atomic E-state index is 0.116. The van der Waals surface area contributed by atoms with Crippen molar-refractivity contribution in [3.8, 4) is 6.07 Å². The molecule has 29 heavy (non-hydrogen) atoms. The molecular weight excluding hydrogens is 364 g/mol. The van der Waals surface area contributed by atoms with Crippen LogP contribution >= 0.6 is 0 Å². The second-order valence-electron chi connectivity index (χ2n) is 7.53. The zero-order valence-electron chi connectivity index (χ0n) is 17.3. The van der Waals surface area contributed by atoms with Crippen molar-refractivity contribution in [2.24, 2.45) is 0 Å². The second kappa shape index (κ2) is 8.36. The van der Waals surface area contributed by atoms with Crippen LogP contribution in [0.25, 0.3) is 6.08 Å². The van der Waals surface area contributed by atoms with E-state index >= 15 is 0 Å². The molecule has 1 N–H and O–H groups in total. The summed E-state index contributed by atoms with van der Waals surface area (Å²) in [5.74, 6) is -0.474. The van der Waals surface area contributed by atoms with Gasteiger partial charge in [-0.25, -0.2) is 0 Å². The lowest BCUT2D eigenvalue weighted by Gasteiger charge is -2.17. The Bertz CT molecular complexity index is 1000. The molecule has 1 fully saturated rings. The van der Waals surface area contributed by atoms with Crippen molar-refractivity contribution >= 4 is 17.9 Å². The maximum Gasteiger partial charge on any atom is 0.264 e. The summed E-state index contributed by atoms with van der Waals surface area (Å²) in [4.78, 5) is 26.0. The molecule has 1 heterocycles. The summed E-state index contributed by atoms with van der Waals surface area (Å²) in [5, 5.41) is 12.1. The summed E-state index contributed by atoms with van der Waals surface area (Å²) in [6.07, 6.45) is 4.06. The van der Waals surface area contributed by atoms with Gasteiger partial charge in [0.05, 0.1) is 0 Å². The Morgan fingerprint density at radius 2 is 1.93 bits per heavy atom. The number of amides is 2. The smallest absolute Gasteiger partial charge is 0.264 e. The molecule has 1 saturated carbocycles. The van der Waals surface area contributed by atoms with Gasteiger partial charge in [0, 0.05) is 43.6 Å². The van der Waals surface area contributed by atoms with Crippen molar-refractivity contribution in [2.75, 3.05) is 14.1 Å². The second-order valence-corrected chi connectivity index (χ2v) is 7.53. The van der Waals surface area contributed by atoms with E-state index in [1.807, 2.05) is 25.1 Å². The largest absolute Gasteiger partial charge is 0.355 e. The molecule has 0 aliphatic heterocycles. The number of nitriles is 1. The van der Waals surface area contributed by atoms with Crippen LogP contribution in [0.3, 0.4) is 0 Å². The van der Waals surface area contributed by atoms with E-state index in [4.69, 9.17) is 0 Å². The first-order valence-corrected chi connectivity index (χ1v) is 9.72. The van der Waals surface area contributed by atoms with Crippen LogP contribution in [0.5, 0.6) is 0 Å². The number of carbonyl (C=O) groups excluding carboxylic acids is 2. The van der Waals surface area contributed by atoms with E-state index in [1.165, 1.54) is 17.7 Å². The number of nitrogens with one attached hydrogen (secondary N) is 1. The molecule has 0 spiro atoms. The molecular formula is C23H26N4O2. The van der Waals surface area contributed by atoms with Gasteiger partial charge >= 0.3 is 0 Å². The Labute approximate surface area is 171 Å². The molecule has 150 valence electrons. The van der Waals surface area contributed by atoms with Gasteiger partial charge in [-0.2, -0.15) is 5.26 Å². The quantitative estimate of drug-likeness (QED) is 0.607. The third kappa shape index (κ3) is 4.40. The fraction of sp³-hybridized carbons (Fsp3) is 0.348. The fourth-order valence-corrected chi connectivity index (χ4v) is 3.60. The molecule has 6 nitrogen and oxygen atoms in total. The van der Waals surface area contributed by atoms with Crippen LogP contribution in [0.15, 0.2) is 35.9 Å². The van der Waals surface area contributed by atoms with E-state index < -0.39 is 0 Å². The van der Waals surface area contributed by atoms with Gasteiger partial charge < -0.3 is 14.8 Å². The average Bonchev–Trinajstić information content (AvgIpc) is 3.51. The number of likely N-dealkylation sites (N-methyl/N-ethyl adjacent to an activating group) is 1. The molecule has 0 radical (unpaired) electrons. The highest BCUT2D eigenvalue weighted by Gasteiger charge is 2.27. The zero-order chi connectivity index (χ0) is 21.1. The van der Waals surface area contributed by atoms with Crippen molar-refractivity contribution < 1.29 is 9.59 Å². The zero-order valence-corrected chi connectivity index (χ0v) is 17.3. The van der Waals surface area contributed by atoms with Crippen molar-refractivity contribution in [3.05, 3.63) is 64.0 Å². The van der Waals surface area contributed by atoms with E-state index in [1.54, 1.807) is 32.3 Å². The van der Waals surface area contributed by atoms with Crippen LogP contribution in [-0.4, -0.2) is 35.4 Å². The standard InChI is InChI=1S/C23H26N4O2/c1-15-11-19(16(2)27(15)21-9-10-21)12-20(13-24)23(29)26(4)14-17-5-7-18(8-6-17)22(28)25-3/h5-8,11-12,21H,9-10,14H2,1-4H3,(H,25,28)/b20-12+. The molecule has 2 amide bonds. The Balaban J connectivity index is 1.75. The summed E-state index contributed by atoms with van der Waals surface area (Å²) in [6.45, 7) is 4.45. The van der Waals surface area contributed by atoms with Gasteiger partial charge in [-0.15, -0.1) is 0 Å². The number of benzene rings is 1. The normalized spacial score (nSPS) is 13.7. The van der Waals surface area contributed by atoms with E-state index in [0.29, 0.717) is 18.2 Å². The SMILES string of the molecule is CNC(=O)c1ccc(CN(C)C(=O)/C(C#N)=C/c2cc(C)n(C3CC3)c2C)cc1. The van der Waals surface area contributed by atoms with Crippen molar-refractivity contribution in [1.29, 1.82) is 5.26 Å². The molecule has 6 heteroatoms. The molecule has 3 rings (SSSR count). The van der Waals surface area contributed by atoms with E-state index in [0.717, 1.165) is 22.5 Å². The minimum Gasteiger partial charge on any atom is -0.355 e. The van der Waals surface area contributed by atoms with Gasteiger partial charge in [-0.3, -0.25) is 9.59 Å². The average molecular weight is 390 g/mol. The molecule has 1 aliphatic rings. The minimum atomic E-state index is -0.320. The van der Waals surface area contributed by atoms with Crippen LogP contribution in [-0.2, 0) is 11.3 Å². The fourth-order valence-electron chi connectivity index (χ4n) is 3.60. The summed E-state index contributed by atoms with van der Waals surface area (Å²) < 4.78 is 2.29. The van der Waals surface area contributed by atoms with Gasteiger partial charge in [0.2, 0.25) is 0 Å². The topological polar surface area (TPSA) is 78.1 Å². The maximum atomic E-state index is 12.8. The first-order valence-electron chi connectivity index (χ1n) is 9.72. The van der Waals surface area contributed by atoms with E-state index in [2.05, 4.69) is 22.9 Å². The first-order chi connectivity index (χ1) is 13.8. The maximum absolute atomic E-state index is 12.8. The monoisotopic (exact) mass is 390 g/mol. The molecule has 0 unspecified atom stereocenters. The van der Waals surface area contributed by atoms with Gasteiger partial charge in [0.25, 0.3) is 11.8 Å². The summed E-state index contributed by atoms with van der Waals surface area (Å²) in [6, 6.07) is 11.7. The number of rotatable bonds is 6. The highest BCUT2D eigenvalue weighted by Crippen LogP contribution is 2.38. The molecule has 0 atom stereocenters. The summed E-state index contributed by atoms with van der Waals surface area (Å²) in [5.41, 5.74) is 4.74. The van der Waals surface area contributed by atoms with Crippen LogP contribution in [0.1, 0.15) is 51.8 Å². The Hall–Kier alpha value is -3.33. The van der Waals surface area contributed by atoms with Gasteiger partial charge in [-0.05, 0) is 62.1 Å². The van der Waals surface area contributed by atoms with Crippen molar-refractivity contribution in [2.45, 2.75) is 39.3 Å². The van der Waals surface area contributed by atoms with Crippen LogP contribution < -0.4 is 5.32 Å². The van der Waals surface area contributed by atoms with Crippen LogP contribution in [0, 0.1) is 25.2 Å². The highest BCUT2D eigenvalue weighted by atomic mass is 16.2. The Morgan fingerprint density at radius 1 is 1.28 bits per heavy atom. The van der Waals surface area contributed by atoms with Crippen molar-refractivity contribution in [3.63, 3.8) is 0 Å². The lowest BCUT2D eigenvalue weighted by molar-refractivity contribution is -0.125. The van der Waals surface area contributed by atoms with Gasteiger partial charge in [-0.1, -0.05) is 12.1 Å². The lowest BCUT2D eigenvalue weighted by atomic mass is 10.1. The molecule has 0 bridgehead atoms. The third-order valence-corrected chi connectivity index (χ3v) is 5.30. The van der Waals surface area contributed by atoms with Crippen molar-refractivity contribution in [1.82, 2.24) is 14.8 Å². The predicted molar refractivity (Wildman–Crippen MR) is 112 cm³/mol. The van der Waals surface area contributed by atoms with E-state index in [9.17, 15) is 14.9 Å². The molecule has 2 aromatic rings. The molecule has 1 aromatic heterocycles. The number of carbonyl (C=O) groups is 2. The number of aromatic nitrogens is 1. The predicted octanol–water partition coefficient (Wildman–Crippen LogP) is 3.37. The molecule has 1 aromatic carbocycles. The van der Waals surface area contributed by atoms with Crippen LogP contribution in [0.4, 0.5) is 0 Å². The number of hydrogen-bond donors (Lipinski definition) is 1. The van der Waals surface area contributed by atoms with Gasteiger partial charge in [0.15, 0.2) is 0 Å². The summed E-state index contributed by atoms with van der Waals surface area (Å²) >= 11 is 0. The third-order valence-electron chi connectivity index (χ3n) is 5.30. The Kier molecular flexibility index (Phi) is 5.88. The summed E-state index contributed by atoms with van der Waals surface area (Å²) in [7, 11) is 3.26. The van der Waals surface area contributed by atoms with E-state index in [-0.39, 0.29) is 17.4 Å². The molecule has 1 aliphatic carbocycles. The number of hydrogen-bond acceptors (Lipinski definition) is 3. The highest BCUT2D eigenvalue weighted by molar-refractivity contribution is 6.01. The lowest BCUT2D eigenvalue weighted by Crippen LogP contribution is -2.27. The van der Waals surface area contributed by atoms with Gasteiger partial charge in [0.1, 0.15) is 11.6 Å². The molecule has 0 saturated heterocycles. The Morgan fingerprint density at radius 3 is 2.48 bits per heavy atom. The number of nitrogens with zero attached hydrogens (tertiary/aromatic N) is 3. The first kappa shape index (κ1) is 20.4.